The lowest BCUT2D eigenvalue weighted by atomic mass is 10.1. The van der Waals surface area contributed by atoms with Crippen LogP contribution in [0.3, 0.4) is 0 Å². The number of ether oxygens (including phenoxy) is 3. The van der Waals surface area contributed by atoms with Gasteiger partial charge < -0.3 is 25.3 Å². The van der Waals surface area contributed by atoms with E-state index in [1.54, 1.807) is 14.2 Å². The molecule has 1 aromatic rings. The molecule has 6 nitrogen and oxygen atoms in total. The van der Waals surface area contributed by atoms with Gasteiger partial charge in [-0.05, 0) is 31.0 Å². The van der Waals surface area contributed by atoms with Crippen LogP contribution in [0.15, 0.2) is 18.2 Å². The third kappa shape index (κ3) is 4.50. The summed E-state index contributed by atoms with van der Waals surface area (Å²) in [6.07, 6.45) is 1.13. The van der Waals surface area contributed by atoms with Crippen molar-refractivity contribution in [2.75, 3.05) is 20.8 Å². The van der Waals surface area contributed by atoms with E-state index >= 15 is 0 Å². The van der Waals surface area contributed by atoms with E-state index in [1.165, 1.54) is 0 Å². The van der Waals surface area contributed by atoms with Gasteiger partial charge in [0.05, 0.1) is 20.3 Å². The second-order valence-corrected chi connectivity index (χ2v) is 4.96. The van der Waals surface area contributed by atoms with Gasteiger partial charge in [-0.2, -0.15) is 0 Å². The molecule has 1 aromatic carbocycles. The molecular formula is C15H23ClN2O4. The van der Waals surface area contributed by atoms with Gasteiger partial charge in [0.1, 0.15) is 17.6 Å². The molecule has 1 amide bonds. The predicted octanol–water partition coefficient (Wildman–Crippen LogP) is 1.25. The van der Waals surface area contributed by atoms with Crippen LogP contribution in [0, 0.1) is 0 Å². The molecule has 0 aliphatic carbocycles. The third-order valence-corrected chi connectivity index (χ3v) is 3.60. The maximum absolute atomic E-state index is 12.1. The molecule has 22 heavy (non-hydrogen) atoms. The number of carbonyl (C=O) groups is 1. The molecule has 1 heterocycles. The molecule has 1 aliphatic rings. The number of methoxy groups -OCH3 is 2. The number of halogens is 1. The first kappa shape index (κ1) is 18.5. The second-order valence-electron chi connectivity index (χ2n) is 4.96. The van der Waals surface area contributed by atoms with Gasteiger partial charge in [0.2, 0.25) is 5.91 Å². The summed E-state index contributed by atoms with van der Waals surface area (Å²) in [5.41, 5.74) is 6.40. The van der Waals surface area contributed by atoms with Crippen LogP contribution in [0.25, 0.3) is 0 Å². The van der Waals surface area contributed by atoms with E-state index in [-0.39, 0.29) is 24.4 Å². The van der Waals surface area contributed by atoms with Gasteiger partial charge in [-0.25, -0.2) is 0 Å². The monoisotopic (exact) mass is 330 g/mol. The summed E-state index contributed by atoms with van der Waals surface area (Å²) < 4.78 is 16.0. The van der Waals surface area contributed by atoms with E-state index in [1.807, 2.05) is 18.2 Å². The molecule has 2 rings (SSSR count). The first-order chi connectivity index (χ1) is 10.2. The fourth-order valence-electron chi connectivity index (χ4n) is 2.39. The van der Waals surface area contributed by atoms with Crippen LogP contribution in [-0.4, -0.2) is 38.9 Å². The number of rotatable bonds is 6. The highest BCUT2D eigenvalue weighted by atomic mass is 35.5. The fourth-order valence-corrected chi connectivity index (χ4v) is 2.39. The number of nitrogens with two attached hydrogens (primary N) is 1. The SMILES string of the molecule is COc1ccc(OC)c(CNC(=O)[C@@H]2CC[C@H](CN)O2)c1.Cl. The van der Waals surface area contributed by atoms with E-state index < -0.39 is 6.10 Å². The number of hydrogen-bond acceptors (Lipinski definition) is 5. The Hall–Kier alpha value is -1.50. The van der Waals surface area contributed by atoms with Crippen molar-refractivity contribution in [2.45, 2.75) is 31.6 Å². The Morgan fingerprint density at radius 2 is 2.14 bits per heavy atom. The van der Waals surface area contributed by atoms with E-state index in [4.69, 9.17) is 19.9 Å². The van der Waals surface area contributed by atoms with Gasteiger partial charge in [-0.15, -0.1) is 12.4 Å². The van der Waals surface area contributed by atoms with Crippen LogP contribution in [0.4, 0.5) is 0 Å². The minimum atomic E-state index is -0.407. The number of nitrogens with one attached hydrogen (secondary N) is 1. The molecule has 1 aliphatic heterocycles. The van der Waals surface area contributed by atoms with Crippen molar-refractivity contribution in [3.8, 4) is 11.5 Å². The van der Waals surface area contributed by atoms with E-state index in [2.05, 4.69) is 5.32 Å². The lowest BCUT2D eigenvalue weighted by molar-refractivity contribution is -0.132. The van der Waals surface area contributed by atoms with Crippen LogP contribution < -0.4 is 20.5 Å². The van der Waals surface area contributed by atoms with Gasteiger partial charge in [0.15, 0.2) is 0 Å². The highest BCUT2D eigenvalue weighted by Crippen LogP contribution is 2.24. The lowest BCUT2D eigenvalue weighted by Crippen LogP contribution is -2.35. The molecule has 0 unspecified atom stereocenters. The molecule has 0 bridgehead atoms. The minimum Gasteiger partial charge on any atom is -0.497 e. The standard InChI is InChI=1S/C15H22N2O4.ClH/c1-19-11-3-5-13(20-2)10(7-11)9-17-15(18)14-6-4-12(8-16)21-14;/h3,5,7,12,14H,4,6,8-9,16H2,1-2H3,(H,17,18);1H/t12-,14+;/m1./s1. The molecule has 7 heteroatoms. The third-order valence-electron chi connectivity index (χ3n) is 3.60. The van der Waals surface area contributed by atoms with E-state index in [0.717, 1.165) is 17.7 Å². The zero-order valence-electron chi connectivity index (χ0n) is 12.8. The Morgan fingerprint density at radius 3 is 2.73 bits per heavy atom. The summed E-state index contributed by atoms with van der Waals surface area (Å²) in [5, 5.41) is 2.87. The molecule has 0 spiro atoms. The van der Waals surface area contributed by atoms with Crippen molar-refractivity contribution in [1.82, 2.24) is 5.32 Å². The Labute approximate surface area is 136 Å². The van der Waals surface area contributed by atoms with Gasteiger partial charge in [-0.3, -0.25) is 4.79 Å². The Bertz CT molecular complexity index is 498. The summed E-state index contributed by atoms with van der Waals surface area (Å²) in [4.78, 5) is 12.1. The average Bonchev–Trinajstić information content (AvgIpc) is 3.01. The van der Waals surface area contributed by atoms with Crippen molar-refractivity contribution < 1.29 is 19.0 Å². The molecule has 124 valence electrons. The maximum Gasteiger partial charge on any atom is 0.249 e. The number of hydrogen-bond donors (Lipinski definition) is 2. The van der Waals surface area contributed by atoms with Crippen molar-refractivity contribution in [3.63, 3.8) is 0 Å². The Morgan fingerprint density at radius 1 is 1.36 bits per heavy atom. The highest BCUT2D eigenvalue weighted by molar-refractivity contribution is 5.85. The first-order valence-corrected chi connectivity index (χ1v) is 7.02. The van der Waals surface area contributed by atoms with Gasteiger partial charge >= 0.3 is 0 Å². The summed E-state index contributed by atoms with van der Waals surface area (Å²) in [6.45, 7) is 0.819. The fraction of sp³-hybridized carbons (Fsp3) is 0.533. The Kier molecular flexibility index (Phi) is 7.44. The second kappa shape index (κ2) is 8.82. The molecular weight excluding hydrogens is 308 g/mol. The summed E-state index contributed by atoms with van der Waals surface area (Å²) in [7, 11) is 3.20. The zero-order chi connectivity index (χ0) is 15.2. The van der Waals surface area contributed by atoms with Crippen molar-refractivity contribution in [1.29, 1.82) is 0 Å². The predicted molar refractivity (Wildman–Crippen MR) is 85.6 cm³/mol. The summed E-state index contributed by atoms with van der Waals surface area (Å²) >= 11 is 0. The van der Waals surface area contributed by atoms with Crippen LogP contribution in [0.2, 0.25) is 0 Å². The van der Waals surface area contributed by atoms with Crippen LogP contribution in [0.1, 0.15) is 18.4 Å². The van der Waals surface area contributed by atoms with Gasteiger partial charge in [-0.1, -0.05) is 0 Å². The molecule has 1 fully saturated rings. The summed E-state index contributed by atoms with van der Waals surface area (Å²) in [6, 6.07) is 5.48. The van der Waals surface area contributed by atoms with Crippen LogP contribution in [-0.2, 0) is 16.1 Å². The normalized spacial score (nSPS) is 20.1. The van der Waals surface area contributed by atoms with Crippen LogP contribution in [0.5, 0.6) is 11.5 Å². The number of benzene rings is 1. The molecule has 0 aromatic heterocycles. The van der Waals surface area contributed by atoms with Gasteiger partial charge in [0, 0.05) is 18.7 Å². The first-order valence-electron chi connectivity index (χ1n) is 7.02. The highest BCUT2D eigenvalue weighted by Gasteiger charge is 2.29. The molecule has 0 saturated carbocycles. The van der Waals surface area contributed by atoms with Crippen molar-refractivity contribution in [2.24, 2.45) is 5.73 Å². The molecule has 2 atom stereocenters. The quantitative estimate of drug-likeness (QED) is 0.820. The summed E-state index contributed by atoms with van der Waals surface area (Å²) in [5.74, 6) is 1.32. The van der Waals surface area contributed by atoms with Crippen molar-refractivity contribution in [3.05, 3.63) is 23.8 Å². The number of carbonyl (C=O) groups excluding carboxylic acids is 1. The molecule has 0 radical (unpaired) electrons. The zero-order valence-corrected chi connectivity index (χ0v) is 13.7. The van der Waals surface area contributed by atoms with Gasteiger partial charge in [0.25, 0.3) is 0 Å². The lowest BCUT2D eigenvalue weighted by Gasteiger charge is -2.14. The Balaban J connectivity index is 0.00000242. The smallest absolute Gasteiger partial charge is 0.249 e. The molecule has 3 N–H and O–H groups in total. The molecule has 1 saturated heterocycles. The largest absolute Gasteiger partial charge is 0.497 e. The number of amides is 1. The topological polar surface area (TPSA) is 82.8 Å². The van der Waals surface area contributed by atoms with E-state index in [9.17, 15) is 4.79 Å². The maximum atomic E-state index is 12.1. The van der Waals surface area contributed by atoms with E-state index in [0.29, 0.717) is 25.3 Å². The van der Waals surface area contributed by atoms with Crippen LogP contribution >= 0.6 is 12.4 Å². The van der Waals surface area contributed by atoms with Crippen molar-refractivity contribution >= 4 is 18.3 Å². The average molecular weight is 331 g/mol. The minimum absolute atomic E-state index is 0.